The minimum absolute atomic E-state index is 0.0473. The van der Waals surface area contributed by atoms with Crippen molar-refractivity contribution in [1.82, 2.24) is 4.90 Å². The van der Waals surface area contributed by atoms with E-state index in [2.05, 4.69) is 0 Å². The Hall–Kier alpha value is -2.12. The van der Waals surface area contributed by atoms with Gasteiger partial charge in [-0.25, -0.2) is 4.79 Å². The molecule has 0 aliphatic carbocycles. The smallest absolute Gasteiger partial charge is 0.335 e. The van der Waals surface area contributed by atoms with Gasteiger partial charge in [0.15, 0.2) is 12.7 Å². The van der Waals surface area contributed by atoms with Crippen LogP contribution < -0.4 is 4.74 Å². The lowest BCUT2D eigenvalue weighted by Crippen LogP contribution is -2.35. The lowest BCUT2D eigenvalue weighted by Gasteiger charge is -2.19. The van der Waals surface area contributed by atoms with Gasteiger partial charge in [0.05, 0.1) is 19.3 Å². The predicted octanol–water partition coefficient (Wildman–Crippen LogP) is 2.04. The molecule has 1 aliphatic rings. The SMILES string of the molecule is CC(OCC1CCCO1)C(=O)OCC(=O)N(C)CCCOc1ccccc1. The summed E-state index contributed by atoms with van der Waals surface area (Å²) in [6.45, 7) is 3.47. The van der Waals surface area contributed by atoms with E-state index >= 15 is 0 Å². The number of esters is 1. The van der Waals surface area contributed by atoms with Gasteiger partial charge in [0.2, 0.25) is 0 Å². The third kappa shape index (κ3) is 7.97. The number of amides is 1. The normalized spacial score (nSPS) is 17.3. The van der Waals surface area contributed by atoms with Crippen molar-refractivity contribution in [3.63, 3.8) is 0 Å². The van der Waals surface area contributed by atoms with Crippen LogP contribution in [0.15, 0.2) is 30.3 Å². The highest BCUT2D eigenvalue weighted by atomic mass is 16.6. The summed E-state index contributed by atoms with van der Waals surface area (Å²) in [4.78, 5) is 25.5. The van der Waals surface area contributed by atoms with Gasteiger partial charge in [-0.2, -0.15) is 0 Å². The summed E-state index contributed by atoms with van der Waals surface area (Å²) in [6, 6.07) is 9.51. The van der Waals surface area contributed by atoms with Crippen LogP contribution in [0.25, 0.3) is 0 Å². The van der Waals surface area contributed by atoms with Crippen LogP contribution in [0.4, 0.5) is 0 Å². The van der Waals surface area contributed by atoms with Gasteiger partial charge in [0, 0.05) is 20.2 Å². The van der Waals surface area contributed by atoms with Crippen molar-refractivity contribution in [2.24, 2.45) is 0 Å². The Labute approximate surface area is 160 Å². The molecular weight excluding hydrogens is 350 g/mol. The molecule has 7 nitrogen and oxygen atoms in total. The zero-order chi connectivity index (χ0) is 19.5. The molecule has 7 heteroatoms. The monoisotopic (exact) mass is 379 g/mol. The van der Waals surface area contributed by atoms with Crippen LogP contribution in [-0.2, 0) is 23.8 Å². The second-order valence-electron chi connectivity index (χ2n) is 6.55. The number of carbonyl (C=O) groups excluding carboxylic acids is 2. The molecule has 1 heterocycles. The van der Waals surface area contributed by atoms with Crippen LogP contribution in [0.2, 0.25) is 0 Å². The molecule has 1 saturated heterocycles. The minimum atomic E-state index is -0.716. The fraction of sp³-hybridized carbons (Fsp3) is 0.600. The first-order valence-corrected chi connectivity index (χ1v) is 9.38. The van der Waals surface area contributed by atoms with E-state index in [-0.39, 0.29) is 18.6 Å². The van der Waals surface area contributed by atoms with Crippen LogP contribution in [-0.4, -0.2) is 69.0 Å². The van der Waals surface area contributed by atoms with Crippen molar-refractivity contribution in [2.45, 2.75) is 38.4 Å². The van der Waals surface area contributed by atoms with E-state index < -0.39 is 12.1 Å². The molecule has 2 unspecified atom stereocenters. The molecule has 150 valence electrons. The van der Waals surface area contributed by atoms with Crippen LogP contribution in [0.5, 0.6) is 5.75 Å². The molecule has 0 saturated carbocycles. The summed E-state index contributed by atoms with van der Waals surface area (Å²) in [5.41, 5.74) is 0. The Morgan fingerprint density at radius 2 is 2.07 bits per heavy atom. The van der Waals surface area contributed by atoms with Crippen molar-refractivity contribution >= 4 is 11.9 Å². The molecular formula is C20H29NO6. The zero-order valence-electron chi connectivity index (χ0n) is 16.1. The standard InChI is InChI=1S/C20H29NO6/c1-16(26-14-18-10-6-12-25-18)20(23)27-15-19(22)21(2)11-7-13-24-17-8-4-3-5-9-17/h3-5,8-9,16,18H,6-7,10-15H2,1-2H3. The Kier molecular flexibility index (Phi) is 9.07. The Bertz CT molecular complexity index is 573. The van der Waals surface area contributed by atoms with E-state index in [1.165, 1.54) is 4.90 Å². The zero-order valence-corrected chi connectivity index (χ0v) is 16.1. The van der Waals surface area contributed by atoms with Gasteiger partial charge in [-0.1, -0.05) is 18.2 Å². The summed E-state index contributed by atoms with van der Waals surface area (Å²) < 4.78 is 21.5. The molecule has 1 fully saturated rings. The second kappa shape index (κ2) is 11.6. The molecule has 1 aromatic carbocycles. The van der Waals surface area contributed by atoms with Gasteiger partial charge in [0.1, 0.15) is 5.75 Å². The van der Waals surface area contributed by atoms with E-state index in [9.17, 15) is 9.59 Å². The summed E-state index contributed by atoms with van der Waals surface area (Å²) >= 11 is 0. The number of benzene rings is 1. The van der Waals surface area contributed by atoms with E-state index in [0.717, 1.165) is 25.2 Å². The third-order valence-corrected chi connectivity index (χ3v) is 4.30. The summed E-state index contributed by atoms with van der Waals surface area (Å²) in [5, 5.41) is 0. The lowest BCUT2D eigenvalue weighted by molar-refractivity contribution is -0.162. The molecule has 27 heavy (non-hydrogen) atoms. The number of ether oxygens (including phenoxy) is 4. The van der Waals surface area contributed by atoms with Gasteiger partial charge in [-0.3, -0.25) is 4.79 Å². The number of hydrogen-bond donors (Lipinski definition) is 0. The second-order valence-corrected chi connectivity index (χ2v) is 6.55. The fourth-order valence-electron chi connectivity index (χ4n) is 2.59. The van der Waals surface area contributed by atoms with Crippen LogP contribution in [0, 0.1) is 0 Å². The lowest BCUT2D eigenvalue weighted by atomic mass is 10.2. The van der Waals surface area contributed by atoms with E-state index in [0.29, 0.717) is 26.2 Å². The summed E-state index contributed by atoms with van der Waals surface area (Å²) in [5.74, 6) is 0.00828. The Balaban J connectivity index is 1.55. The molecule has 2 atom stereocenters. The van der Waals surface area contributed by atoms with Crippen molar-refractivity contribution in [2.75, 3.05) is 40.0 Å². The minimum Gasteiger partial charge on any atom is -0.494 e. The maximum absolute atomic E-state index is 12.0. The Morgan fingerprint density at radius 1 is 1.30 bits per heavy atom. The number of likely N-dealkylation sites (N-methyl/N-ethyl adjacent to an activating group) is 1. The van der Waals surface area contributed by atoms with Crippen LogP contribution in [0.3, 0.4) is 0 Å². The van der Waals surface area contributed by atoms with Crippen LogP contribution >= 0.6 is 0 Å². The molecule has 0 radical (unpaired) electrons. The van der Waals surface area contributed by atoms with Crippen molar-refractivity contribution < 1.29 is 28.5 Å². The first-order chi connectivity index (χ1) is 13.1. The molecule has 0 aromatic heterocycles. The van der Waals surface area contributed by atoms with Crippen molar-refractivity contribution in [3.05, 3.63) is 30.3 Å². The number of hydrogen-bond acceptors (Lipinski definition) is 6. The average Bonchev–Trinajstić information content (AvgIpc) is 3.21. The highest BCUT2D eigenvalue weighted by Gasteiger charge is 2.21. The third-order valence-electron chi connectivity index (χ3n) is 4.30. The quantitative estimate of drug-likeness (QED) is 0.433. The maximum Gasteiger partial charge on any atom is 0.335 e. The number of rotatable bonds is 11. The average molecular weight is 379 g/mol. The molecule has 1 aromatic rings. The van der Waals surface area contributed by atoms with Crippen molar-refractivity contribution in [3.8, 4) is 5.75 Å². The van der Waals surface area contributed by atoms with Crippen molar-refractivity contribution in [1.29, 1.82) is 0 Å². The van der Waals surface area contributed by atoms with Gasteiger partial charge >= 0.3 is 5.97 Å². The van der Waals surface area contributed by atoms with Gasteiger partial charge in [0.25, 0.3) is 5.91 Å². The molecule has 0 spiro atoms. The van der Waals surface area contributed by atoms with Crippen LogP contribution in [0.1, 0.15) is 26.2 Å². The largest absolute Gasteiger partial charge is 0.494 e. The number of para-hydroxylation sites is 1. The van der Waals surface area contributed by atoms with Gasteiger partial charge in [-0.15, -0.1) is 0 Å². The first-order valence-electron chi connectivity index (χ1n) is 9.38. The summed E-state index contributed by atoms with van der Waals surface area (Å²) in [6.07, 6.45) is 1.98. The number of carbonyl (C=O) groups is 2. The predicted molar refractivity (Wildman–Crippen MR) is 99.5 cm³/mol. The van der Waals surface area contributed by atoms with Gasteiger partial charge in [-0.05, 0) is 38.3 Å². The highest BCUT2D eigenvalue weighted by Crippen LogP contribution is 2.13. The topological polar surface area (TPSA) is 74.3 Å². The van der Waals surface area contributed by atoms with E-state index in [4.69, 9.17) is 18.9 Å². The highest BCUT2D eigenvalue weighted by molar-refractivity contribution is 5.81. The van der Waals surface area contributed by atoms with E-state index in [1.807, 2.05) is 30.3 Å². The number of nitrogens with zero attached hydrogens (tertiary/aromatic N) is 1. The molecule has 0 N–H and O–H groups in total. The van der Waals surface area contributed by atoms with Gasteiger partial charge < -0.3 is 23.8 Å². The van der Waals surface area contributed by atoms with E-state index in [1.54, 1.807) is 14.0 Å². The molecule has 1 aliphatic heterocycles. The molecule has 1 amide bonds. The fourth-order valence-corrected chi connectivity index (χ4v) is 2.59. The first kappa shape index (κ1) is 21.2. The summed E-state index contributed by atoms with van der Waals surface area (Å²) in [7, 11) is 1.68. The molecule has 0 bridgehead atoms. The Morgan fingerprint density at radius 3 is 2.78 bits per heavy atom. The molecule has 2 rings (SSSR count). The maximum atomic E-state index is 12.0.